The molecule has 0 heterocycles. The number of hydrogen-bond acceptors (Lipinski definition) is 3. The number of unbranched alkanes of at least 4 members (excludes halogenated alkanes) is 9. The molecule has 0 saturated heterocycles. The zero-order chi connectivity index (χ0) is 13.5. The third-order valence-electron chi connectivity index (χ3n) is 3.51. The first-order chi connectivity index (χ1) is 8.85. The molecule has 1 atom stereocenters. The molecule has 0 aromatic heterocycles. The van der Waals surface area contributed by atoms with Gasteiger partial charge in [-0.1, -0.05) is 83.1 Å². The Labute approximate surface area is 113 Å². The van der Waals surface area contributed by atoms with E-state index in [0.717, 1.165) is 19.3 Å². The Morgan fingerprint density at radius 2 is 1.28 bits per heavy atom. The molecule has 3 nitrogen and oxygen atoms in total. The molecule has 0 bridgehead atoms. The highest BCUT2D eigenvalue weighted by atomic mass is 17.5. The molecule has 0 saturated carbocycles. The summed E-state index contributed by atoms with van der Waals surface area (Å²) in [6, 6.07) is 0. The molecule has 0 aliphatic rings. The molecule has 0 aromatic carbocycles. The van der Waals surface area contributed by atoms with Crippen LogP contribution in [0.1, 0.15) is 90.9 Å². The first-order valence-corrected chi connectivity index (χ1v) is 7.82. The van der Waals surface area contributed by atoms with Crippen molar-refractivity contribution in [2.45, 2.75) is 97.0 Å². The Morgan fingerprint density at radius 1 is 0.778 bits per heavy atom. The molecule has 1 unspecified atom stereocenters. The highest BCUT2D eigenvalue weighted by Gasteiger charge is 2.06. The van der Waals surface area contributed by atoms with Crippen LogP contribution in [0.15, 0.2) is 0 Å². The van der Waals surface area contributed by atoms with Gasteiger partial charge in [-0.3, -0.25) is 0 Å². The first kappa shape index (κ1) is 17.9. The van der Waals surface area contributed by atoms with E-state index in [1.54, 1.807) is 0 Å². The maximum Gasteiger partial charge on any atom is 0.0958 e. The minimum absolute atomic E-state index is 0.0454. The fraction of sp³-hybridized carbons (Fsp3) is 1.00. The van der Waals surface area contributed by atoms with Gasteiger partial charge in [0.05, 0.1) is 6.10 Å². The highest BCUT2D eigenvalue weighted by Crippen LogP contribution is 2.14. The maximum absolute atomic E-state index is 8.21. The van der Waals surface area contributed by atoms with Crippen molar-refractivity contribution in [1.82, 2.24) is 0 Å². The standard InChI is InChI=1S/C15H32O3/c1-3-5-6-7-8-9-10-11-12-13-14-15(4-2)17-18-16/h15-16H,3-14H2,1-2H3. The molecule has 0 amide bonds. The molecule has 0 aromatic rings. The van der Waals surface area contributed by atoms with Crippen molar-refractivity contribution in [3.05, 3.63) is 0 Å². The molecule has 0 radical (unpaired) electrons. The quantitative estimate of drug-likeness (QED) is 0.255. The molecule has 0 fully saturated rings. The molecule has 0 rings (SSSR count). The average Bonchev–Trinajstić information content (AvgIpc) is 2.39. The lowest BCUT2D eigenvalue weighted by Crippen LogP contribution is -2.10. The van der Waals surface area contributed by atoms with Crippen molar-refractivity contribution in [2.24, 2.45) is 0 Å². The Morgan fingerprint density at radius 3 is 1.72 bits per heavy atom. The third-order valence-corrected chi connectivity index (χ3v) is 3.51. The second-order valence-electron chi connectivity index (χ2n) is 5.17. The van der Waals surface area contributed by atoms with E-state index in [-0.39, 0.29) is 6.10 Å². The van der Waals surface area contributed by atoms with Crippen molar-refractivity contribution < 1.29 is 15.2 Å². The van der Waals surface area contributed by atoms with Crippen LogP contribution in [0.25, 0.3) is 0 Å². The van der Waals surface area contributed by atoms with E-state index in [1.165, 1.54) is 57.8 Å². The predicted octanol–water partition coefficient (Wildman–Crippen LogP) is 5.50. The predicted molar refractivity (Wildman–Crippen MR) is 75.3 cm³/mol. The molecular formula is C15H32O3. The van der Waals surface area contributed by atoms with Gasteiger partial charge in [0.15, 0.2) is 0 Å². The second-order valence-corrected chi connectivity index (χ2v) is 5.17. The molecule has 3 heteroatoms. The Hall–Kier alpha value is -0.120. The summed E-state index contributed by atoms with van der Waals surface area (Å²) in [6.45, 7) is 4.30. The Kier molecular flexibility index (Phi) is 14.8. The SMILES string of the molecule is CCCCCCCCCCCCC(CC)OOO. The summed E-state index contributed by atoms with van der Waals surface area (Å²) in [4.78, 5) is 4.73. The van der Waals surface area contributed by atoms with Gasteiger partial charge < -0.3 is 0 Å². The average molecular weight is 260 g/mol. The summed E-state index contributed by atoms with van der Waals surface area (Å²) in [6.07, 6.45) is 15.4. The van der Waals surface area contributed by atoms with Crippen LogP contribution >= 0.6 is 0 Å². The van der Waals surface area contributed by atoms with E-state index in [1.807, 2.05) is 6.92 Å². The van der Waals surface area contributed by atoms with Crippen LogP contribution in [0.3, 0.4) is 0 Å². The Balaban J connectivity index is 3.10. The largest absolute Gasteiger partial charge is 0.221 e. The van der Waals surface area contributed by atoms with Crippen LogP contribution in [-0.4, -0.2) is 11.4 Å². The van der Waals surface area contributed by atoms with Crippen LogP contribution < -0.4 is 0 Å². The summed E-state index contributed by atoms with van der Waals surface area (Å²) in [7, 11) is 0. The zero-order valence-corrected chi connectivity index (χ0v) is 12.3. The van der Waals surface area contributed by atoms with Crippen molar-refractivity contribution in [3.8, 4) is 0 Å². The van der Waals surface area contributed by atoms with Gasteiger partial charge in [0.1, 0.15) is 0 Å². The van der Waals surface area contributed by atoms with Crippen LogP contribution in [0, 0.1) is 0 Å². The van der Waals surface area contributed by atoms with E-state index in [4.69, 9.17) is 10.1 Å². The minimum Gasteiger partial charge on any atom is -0.221 e. The highest BCUT2D eigenvalue weighted by molar-refractivity contribution is 4.54. The van der Waals surface area contributed by atoms with Gasteiger partial charge in [-0.05, 0) is 12.8 Å². The molecule has 0 spiro atoms. The van der Waals surface area contributed by atoms with Gasteiger partial charge in [0.2, 0.25) is 0 Å². The van der Waals surface area contributed by atoms with Gasteiger partial charge >= 0.3 is 0 Å². The second kappa shape index (κ2) is 14.9. The van der Waals surface area contributed by atoms with Gasteiger partial charge in [0.25, 0.3) is 0 Å². The minimum atomic E-state index is 0.0454. The normalized spacial score (nSPS) is 12.8. The summed E-state index contributed by atoms with van der Waals surface area (Å²) in [5.74, 6) is 0. The monoisotopic (exact) mass is 260 g/mol. The van der Waals surface area contributed by atoms with Crippen molar-refractivity contribution in [3.63, 3.8) is 0 Å². The third kappa shape index (κ3) is 12.3. The van der Waals surface area contributed by atoms with E-state index >= 15 is 0 Å². The fourth-order valence-electron chi connectivity index (χ4n) is 2.24. The van der Waals surface area contributed by atoms with E-state index in [9.17, 15) is 0 Å². The molecular weight excluding hydrogens is 228 g/mol. The number of hydrogen-bond donors (Lipinski definition) is 1. The summed E-state index contributed by atoms with van der Waals surface area (Å²) in [5, 5.41) is 11.9. The van der Waals surface area contributed by atoms with E-state index in [0.29, 0.717) is 0 Å². The molecule has 0 aliphatic heterocycles. The maximum atomic E-state index is 8.21. The lowest BCUT2D eigenvalue weighted by Gasteiger charge is -2.11. The molecule has 110 valence electrons. The van der Waals surface area contributed by atoms with Crippen molar-refractivity contribution >= 4 is 0 Å². The van der Waals surface area contributed by atoms with Gasteiger partial charge in [-0.25, -0.2) is 10.1 Å². The molecule has 18 heavy (non-hydrogen) atoms. The topological polar surface area (TPSA) is 38.7 Å². The van der Waals surface area contributed by atoms with Crippen LogP contribution in [0.5, 0.6) is 0 Å². The fourth-order valence-corrected chi connectivity index (χ4v) is 2.24. The lowest BCUT2D eigenvalue weighted by atomic mass is 10.0. The zero-order valence-electron chi connectivity index (χ0n) is 12.3. The van der Waals surface area contributed by atoms with Crippen molar-refractivity contribution in [1.29, 1.82) is 0 Å². The molecule has 1 N–H and O–H groups in total. The first-order valence-electron chi connectivity index (χ1n) is 7.82. The molecule has 0 aliphatic carbocycles. The van der Waals surface area contributed by atoms with Gasteiger partial charge in [-0.2, -0.15) is 0 Å². The smallest absolute Gasteiger partial charge is 0.0958 e. The van der Waals surface area contributed by atoms with Crippen LogP contribution in [-0.2, 0) is 9.93 Å². The van der Waals surface area contributed by atoms with Gasteiger partial charge in [-0.15, -0.1) is 0 Å². The summed E-state index contributed by atoms with van der Waals surface area (Å²) in [5.41, 5.74) is 0. The van der Waals surface area contributed by atoms with Crippen LogP contribution in [0.2, 0.25) is 0 Å². The lowest BCUT2D eigenvalue weighted by molar-refractivity contribution is -0.506. The van der Waals surface area contributed by atoms with Crippen LogP contribution in [0.4, 0.5) is 0 Å². The van der Waals surface area contributed by atoms with Crippen molar-refractivity contribution in [2.75, 3.05) is 0 Å². The number of rotatable bonds is 14. The summed E-state index contributed by atoms with van der Waals surface area (Å²) >= 11 is 0. The van der Waals surface area contributed by atoms with E-state index < -0.39 is 0 Å². The Bertz CT molecular complexity index is 151. The van der Waals surface area contributed by atoms with E-state index in [2.05, 4.69) is 12.0 Å². The summed E-state index contributed by atoms with van der Waals surface area (Å²) < 4.78 is 0. The van der Waals surface area contributed by atoms with Gasteiger partial charge in [0, 0.05) is 0 Å².